The van der Waals surface area contributed by atoms with E-state index in [4.69, 9.17) is 24.3 Å². The molecule has 0 N–H and O–H groups in total. The molecule has 0 heterocycles. The Morgan fingerprint density at radius 1 is 0.214 bits per heavy atom. The second-order valence-electron chi connectivity index (χ2n) is 22.1. The van der Waals surface area contributed by atoms with Crippen molar-refractivity contribution in [1.29, 1.82) is 0 Å². The summed E-state index contributed by atoms with van der Waals surface area (Å²) in [6.45, 7) is 9.70. The second kappa shape index (κ2) is 66.6. The van der Waals surface area contributed by atoms with Gasteiger partial charge in [-0.15, -0.1) is 0 Å². The number of hydrogen-bond donors (Lipinski definition) is 0. The smallest absolute Gasteiger partial charge is 0.111 e. The van der Waals surface area contributed by atoms with Crippen LogP contribution < -0.4 is 0 Å². The fourth-order valence-electron chi connectivity index (χ4n) is 9.94. The molecule has 0 spiro atoms. The van der Waals surface area contributed by atoms with E-state index < -0.39 is 0 Å². The molecular formula is C65H130O5. The van der Waals surface area contributed by atoms with Crippen molar-refractivity contribution in [3.05, 3.63) is 12.2 Å². The van der Waals surface area contributed by atoms with Crippen molar-refractivity contribution in [2.75, 3.05) is 33.0 Å². The van der Waals surface area contributed by atoms with Gasteiger partial charge in [-0.2, -0.15) is 0 Å². The third kappa shape index (κ3) is 63.7. The van der Waals surface area contributed by atoms with Crippen molar-refractivity contribution in [2.45, 2.75) is 374 Å². The third-order valence-corrected chi connectivity index (χ3v) is 14.8. The minimum atomic E-state index is -0.173. The van der Waals surface area contributed by atoms with Crippen molar-refractivity contribution in [2.24, 2.45) is 0 Å². The minimum absolute atomic E-state index is 0.173. The first kappa shape index (κ1) is 69.5. The maximum absolute atomic E-state index is 6.24. The highest BCUT2D eigenvalue weighted by Gasteiger charge is 2.12. The fourth-order valence-corrected chi connectivity index (χ4v) is 9.94. The molecule has 0 aliphatic rings. The zero-order chi connectivity index (χ0) is 50.2. The molecule has 0 aromatic carbocycles. The molecule has 5 nitrogen and oxygen atoms in total. The average Bonchev–Trinajstić information content (AvgIpc) is 3.37. The lowest BCUT2D eigenvalue weighted by molar-refractivity contribution is -0.335. The average molecular weight is 992 g/mol. The van der Waals surface area contributed by atoms with E-state index in [-0.39, 0.29) is 6.10 Å². The molecular weight excluding hydrogens is 861 g/mol. The SMILES string of the molecule is CCCCCCCC/C=C\CCCCCCCCOC(COOCCCCCCCCCCCCCCCCCCCCCC)COOCCCCCCCCCCCCCCCCCCCCCC. The number of allylic oxidation sites excluding steroid dienone is 2. The Morgan fingerprint density at radius 3 is 0.657 bits per heavy atom. The van der Waals surface area contributed by atoms with Crippen molar-refractivity contribution in [1.82, 2.24) is 0 Å². The number of unbranched alkanes of at least 4 members (excludes halogenated alkanes) is 50. The number of ether oxygens (including phenoxy) is 1. The highest BCUT2D eigenvalue weighted by molar-refractivity contribution is 4.81. The molecule has 0 saturated carbocycles. The Kier molecular flexibility index (Phi) is 66.1. The summed E-state index contributed by atoms with van der Waals surface area (Å²) in [5, 5.41) is 0. The Bertz CT molecular complexity index is 860. The Labute approximate surface area is 441 Å². The van der Waals surface area contributed by atoms with Gasteiger partial charge in [0.25, 0.3) is 0 Å². The van der Waals surface area contributed by atoms with E-state index in [2.05, 4.69) is 32.9 Å². The summed E-state index contributed by atoms with van der Waals surface area (Å²) in [7, 11) is 0. The molecule has 0 radical (unpaired) electrons. The van der Waals surface area contributed by atoms with E-state index in [9.17, 15) is 0 Å². The van der Waals surface area contributed by atoms with Gasteiger partial charge in [0.2, 0.25) is 0 Å². The summed E-state index contributed by atoms with van der Waals surface area (Å²) in [4.78, 5) is 22.5. The topological polar surface area (TPSA) is 46.2 Å². The van der Waals surface area contributed by atoms with Crippen LogP contribution in [0.2, 0.25) is 0 Å². The van der Waals surface area contributed by atoms with Crippen LogP contribution in [0, 0.1) is 0 Å². The molecule has 0 aliphatic carbocycles. The maximum atomic E-state index is 6.24. The lowest BCUT2D eigenvalue weighted by Crippen LogP contribution is -2.26. The van der Waals surface area contributed by atoms with Gasteiger partial charge in [0, 0.05) is 6.61 Å². The molecule has 0 rings (SSSR count). The molecule has 0 aromatic rings. The predicted molar refractivity (Wildman–Crippen MR) is 309 cm³/mol. The number of rotatable bonds is 65. The van der Waals surface area contributed by atoms with Crippen LogP contribution in [0.25, 0.3) is 0 Å². The lowest BCUT2D eigenvalue weighted by atomic mass is 10.0. The van der Waals surface area contributed by atoms with Crippen LogP contribution in [0.5, 0.6) is 0 Å². The largest absolute Gasteiger partial charge is 0.373 e. The third-order valence-electron chi connectivity index (χ3n) is 14.8. The highest BCUT2D eigenvalue weighted by Crippen LogP contribution is 2.18. The van der Waals surface area contributed by atoms with Gasteiger partial charge in [0.15, 0.2) is 0 Å². The van der Waals surface area contributed by atoms with Gasteiger partial charge < -0.3 is 4.74 Å². The molecule has 0 fully saturated rings. The van der Waals surface area contributed by atoms with Crippen LogP contribution in [-0.2, 0) is 24.3 Å². The van der Waals surface area contributed by atoms with Gasteiger partial charge in [-0.05, 0) is 44.9 Å². The van der Waals surface area contributed by atoms with Crippen molar-refractivity contribution in [3.63, 3.8) is 0 Å². The van der Waals surface area contributed by atoms with Crippen molar-refractivity contribution < 1.29 is 24.3 Å². The first-order valence-corrected chi connectivity index (χ1v) is 32.6. The first-order valence-electron chi connectivity index (χ1n) is 32.6. The minimum Gasteiger partial charge on any atom is -0.373 e. The highest BCUT2D eigenvalue weighted by atomic mass is 17.2. The van der Waals surface area contributed by atoms with Crippen LogP contribution in [0.4, 0.5) is 0 Å². The van der Waals surface area contributed by atoms with Gasteiger partial charge in [-0.3, -0.25) is 0 Å². The fraction of sp³-hybridized carbons (Fsp3) is 0.969. The van der Waals surface area contributed by atoms with Gasteiger partial charge in [-0.25, -0.2) is 19.6 Å². The van der Waals surface area contributed by atoms with E-state index in [1.165, 1.54) is 327 Å². The molecule has 0 unspecified atom stereocenters. The summed E-state index contributed by atoms with van der Waals surface area (Å²) in [5.74, 6) is 0. The summed E-state index contributed by atoms with van der Waals surface area (Å²) < 4.78 is 6.24. The van der Waals surface area contributed by atoms with Crippen LogP contribution >= 0.6 is 0 Å². The summed E-state index contributed by atoms with van der Waals surface area (Å²) >= 11 is 0. The number of hydrogen-bond acceptors (Lipinski definition) is 5. The molecule has 0 bridgehead atoms. The molecule has 420 valence electrons. The normalized spacial score (nSPS) is 11.9. The van der Waals surface area contributed by atoms with E-state index >= 15 is 0 Å². The second-order valence-corrected chi connectivity index (χ2v) is 22.1. The Morgan fingerprint density at radius 2 is 0.414 bits per heavy atom. The standard InChI is InChI=1S/C65H130O5/c1-4-7-10-13-16-19-22-25-28-31-33-35-37-40-43-46-49-52-55-58-61-67-69-63-65(66-60-57-54-51-48-45-42-39-30-27-24-21-18-15-12-9-6-3)64-70-68-62-59-56-53-50-47-44-41-38-36-34-32-29-26-23-20-17-14-11-8-5-2/h27,30,65H,4-26,28-29,31-64H2,1-3H3/b30-27-. The quantitative estimate of drug-likeness (QED) is 0.0263. The Balaban J connectivity index is 3.97. The zero-order valence-electron chi connectivity index (χ0n) is 48.5. The van der Waals surface area contributed by atoms with Crippen molar-refractivity contribution >= 4 is 0 Å². The van der Waals surface area contributed by atoms with E-state index in [0.29, 0.717) is 26.4 Å². The maximum Gasteiger partial charge on any atom is 0.111 e. The van der Waals surface area contributed by atoms with Gasteiger partial charge in [-0.1, -0.05) is 335 Å². The summed E-state index contributed by atoms with van der Waals surface area (Å²) in [6.07, 6.45) is 78.9. The lowest BCUT2D eigenvalue weighted by Gasteiger charge is -2.17. The van der Waals surface area contributed by atoms with Crippen LogP contribution in [0.1, 0.15) is 367 Å². The molecule has 70 heavy (non-hydrogen) atoms. The van der Waals surface area contributed by atoms with E-state index in [0.717, 1.165) is 25.9 Å². The molecule has 0 aromatic heterocycles. The Hall–Kier alpha value is -0.460. The molecule has 0 aliphatic heterocycles. The van der Waals surface area contributed by atoms with E-state index in [1.54, 1.807) is 0 Å². The van der Waals surface area contributed by atoms with E-state index in [1.807, 2.05) is 0 Å². The molecule has 0 atom stereocenters. The zero-order valence-corrected chi connectivity index (χ0v) is 48.5. The van der Waals surface area contributed by atoms with Gasteiger partial charge in [0.1, 0.15) is 19.3 Å². The molecule has 0 amide bonds. The predicted octanol–water partition coefficient (Wildman–Crippen LogP) is 22.9. The summed E-state index contributed by atoms with van der Waals surface area (Å²) in [6, 6.07) is 0. The van der Waals surface area contributed by atoms with Crippen molar-refractivity contribution in [3.8, 4) is 0 Å². The van der Waals surface area contributed by atoms with Gasteiger partial charge in [0.05, 0.1) is 13.2 Å². The van der Waals surface area contributed by atoms with Crippen LogP contribution in [-0.4, -0.2) is 39.1 Å². The molecule has 5 heteroatoms. The van der Waals surface area contributed by atoms with Crippen LogP contribution in [0.3, 0.4) is 0 Å². The monoisotopic (exact) mass is 991 g/mol. The summed E-state index contributed by atoms with van der Waals surface area (Å²) in [5.41, 5.74) is 0. The molecule has 0 saturated heterocycles. The first-order chi connectivity index (χ1) is 34.8. The van der Waals surface area contributed by atoms with Crippen LogP contribution in [0.15, 0.2) is 12.2 Å². The van der Waals surface area contributed by atoms with Gasteiger partial charge >= 0.3 is 0 Å².